The number of carbonyl (C=O) groups is 2. The summed E-state index contributed by atoms with van der Waals surface area (Å²) in [6.07, 6.45) is 0.737. The van der Waals surface area contributed by atoms with Gasteiger partial charge in [0.2, 0.25) is 0 Å². The Morgan fingerprint density at radius 1 is 1.24 bits per heavy atom. The van der Waals surface area contributed by atoms with Crippen LogP contribution in [-0.4, -0.2) is 28.8 Å². The fraction of sp³-hybridized carbons (Fsp3) is 0.143. The molecule has 4 N–H and O–H groups in total. The number of anilines is 1. The average Bonchev–Trinajstić information content (AvgIpc) is 2.94. The van der Waals surface area contributed by atoms with Crippen molar-refractivity contribution in [2.45, 2.75) is 6.42 Å². The normalized spacial score (nSPS) is 10.1. The second kappa shape index (κ2) is 6.76. The standard InChI is InChI=1S/C14H14N2O4S/c17-12-4-3-9(8-11(12)13(18)19)16-14(20)15-6-5-10-2-1-7-21-10/h1-4,7-8,17H,5-6H2,(H,18,19)(H2,15,16,20). The molecule has 0 bridgehead atoms. The number of benzene rings is 1. The van der Waals surface area contributed by atoms with Crippen LogP contribution < -0.4 is 10.6 Å². The number of aromatic carboxylic acids is 1. The number of carboxylic acid groups (broad SMARTS) is 1. The molecule has 0 radical (unpaired) electrons. The number of amides is 2. The maximum Gasteiger partial charge on any atom is 0.339 e. The van der Waals surface area contributed by atoms with Crippen LogP contribution in [0.1, 0.15) is 15.2 Å². The minimum Gasteiger partial charge on any atom is -0.507 e. The quantitative estimate of drug-likeness (QED) is 0.638. The molecule has 2 amide bonds. The van der Waals surface area contributed by atoms with E-state index < -0.39 is 12.0 Å². The van der Waals surface area contributed by atoms with Gasteiger partial charge in [0, 0.05) is 17.1 Å². The molecule has 0 aliphatic carbocycles. The van der Waals surface area contributed by atoms with Crippen LogP contribution in [0.25, 0.3) is 0 Å². The Kier molecular flexibility index (Phi) is 4.78. The summed E-state index contributed by atoms with van der Waals surface area (Å²) in [5.74, 6) is -1.60. The molecule has 0 saturated heterocycles. The molecule has 6 nitrogen and oxygen atoms in total. The first-order valence-corrected chi connectivity index (χ1v) is 7.08. The summed E-state index contributed by atoms with van der Waals surface area (Å²) in [5.41, 5.74) is 0.0465. The molecule has 0 saturated carbocycles. The molecule has 0 aliphatic rings. The molecule has 1 aromatic carbocycles. The third-order valence-corrected chi connectivity index (χ3v) is 3.66. The predicted octanol–water partition coefficient (Wildman–Crippen LogP) is 2.52. The first kappa shape index (κ1) is 14.9. The summed E-state index contributed by atoms with van der Waals surface area (Å²) in [6.45, 7) is 0.482. The maximum absolute atomic E-state index is 11.7. The largest absolute Gasteiger partial charge is 0.507 e. The number of hydrogen-bond acceptors (Lipinski definition) is 4. The van der Waals surface area contributed by atoms with E-state index in [2.05, 4.69) is 10.6 Å². The van der Waals surface area contributed by atoms with Gasteiger partial charge in [-0.05, 0) is 36.1 Å². The molecular formula is C14H14N2O4S. The van der Waals surface area contributed by atoms with E-state index in [0.717, 1.165) is 6.42 Å². The Labute approximate surface area is 125 Å². The molecular weight excluding hydrogens is 292 g/mol. The molecule has 0 aliphatic heterocycles. The zero-order valence-electron chi connectivity index (χ0n) is 11.0. The Morgan fingerprint density at radius 2 is 2.05 bits per heavy atom. The van der Waals surface area contributed by atoms with Crippen molar-refractivity contribution in [3.63, 3.8) is 0 Å². The number of urea groups is 1. The molecule has 0 spiro atoms. The third kappa shape index (κ3) is 4.22. The lowest BCUT2D eigenvalue weighted by atomic mass is 10.2. The maximum atomic E-state index is 11.7. The van der Waals surface area contributed by atoms with Crippen LogP contribution in [0.4, 0.5) is 10.5 Å². The van der Waals surface area contributed by atoms with Gasteiger partial charge in [0.25, 0.3) is 0 Å². The Hall–Kier alpha value is -2.54. The summed E-state index contributed by atoms with van der Waals surface area (Å²) in [6, 6.07) is 7.38. The number of nitrogens with one attached hydrogen (secondary N) is 2. The summed E-state index contributed by atoms with van der Waals surface area (Å²) < 4.78 is 0. The number of aromatic hydroxyl groups is 1. The molecule has 0 atom stereocenters. The van der Waals surface area contributed by atoms with Crippen LogP contribution in [0.3, 0.4) is 0 Å². The van der Waals surface area contributed by atoms with Crippen LogP contribution in [0.5, 0.6) is 5.75 Å². The zero-order valence-corrected chi connectivity index (χ0v) is 11.8. The van der Waals surface area contributed by atoms with Crippen molar-refractivity contribution < 1.29 is 19.8 Å². The third-order valence-electron chi connectivity index (χ3n) is 2.72. The minimum absolute atomic E-state index is 0.258. The molecule has 0 fully saturated rings. The number of carboxylic acids is 1. The molecule has 110 valence electrons. The van der Waals surface area contributed by atoms with Gasteiger partial charge < -0.3 is 20.8 Å². The van der Waals surface area contributed by atoms with E-state index in [9.17, 15) is 14.7 Å². The second-order valence-corrected chi connectivity index (χ2v) is 5.28. The van der Waals surface area contributed by atoms with Gasteiger partial charge >= 0.3 is 12.0 Å². The van der Waals surface area contributed by atoms with Gasteiger partial charge in [-0.3, -0.25) is 0 Å². The van der Waals surface area contributed by atoms with E-state index in [0.29, 0.717) is 12.2 Å². The molecule has 21 heavy (non-hydrogen) atoms. The van der Waals surface area contributed by atoms with Crippen LogP contribution in [-0.2, 0) is 6.42 Å². The monoisotopic (exact) mass is 306 g/mol. The highest BCUT2D eigenvalue weighted by molar-refractivity contribution is 7.09. The fourth-order valence-corrected chi connectivity index (χ4v) is 2.42. The number of carbonyl (C=O) groups excluding carboxylic acids is 1. The summed E-state index contributed by atoms with van der Waals surface area (Å²) in [5, 5.41) is 25.4. The molecule has 2 rings (SSSR count). The molecule has 1 heterocycles. The Balaban J connectivity index is 1.87. The van der Waals surface area contributed by atoms with Gasteiger partial charge in [0.05, 0.1) is 0 Å². The van der Waals surface area contributed by atoms with E-state index in [-0.39, 0.29) is 11.3 Å². The van der Waals surface area contributed by atoms with Gasteiger partial charge in [-0.15, -0.1) is 11.3 Å². The van der Waals surface area contributed by atoms with Crippen molar-refractivity contribution >= 4 is 29.0 Å². The van der Waals surface area contributed by atoms with Crippen molar-refractivity contribution in [1.29, 1.82) is 0 Å². The first-order valence-electron chi connectivity index (χ1n) is 6.20. The minimum atomic E-state index is -1.26. The fourth-order valence-electron chi connectivity index (χ4n) is 1.71. The summed E-state index contributed by atoms with van der Waals surface area (Å²) in [4.78, 5) is 23.7. The van der Waals surface area contributed by atoms with Crippen LogP contribution in [0.15, 0.2) is 35.7 Å². The Bertz CT molecular complexity index is 640. The van der Waals surface area contributed by atoms with E-state index >= 15 is 0 Å². The van der Waals surface area contributed by atoms with Gasteiger partial charge in [-0.2, -0.15) is 0 Å². The van der Waals surface area contributed by atoms with E-state index in [1.54, 1.807) is 11.3 Å². The van der Waals surface area contributed by atoms with Crippen molar-refractivity contribution in [3.8, 4) is 5.75 Å². The first-order chi connectivity index (χ1) is 10.1. The second-order valence-electron chi connectivity index (χ2n) is 4.25. The number of thiophene rings is 1. The molecule has 7 heteroatoms. The van der Waals surface area contributed by atoms with Crippen molar-refractivity contribution in [3.05, 3.63) is 46.2 Å². The highest BCUT2D eigenvalue weighted by Gasteiger charge is 2.11. The number of hydrogen-bond donors (Lipinski definition) is 4. The van der Waals surface area contributed by atoms with E-state index in [4.69, 9.17) is 5.11 Å². The van der Waals surface area contributed by atoms with Crippen molar-refractivity contribution in [2.75, 3.05) is 11.9 Å². The van der Waals surface area contributed by atoms with Gasteiger partial charge in [0.1, 0.15) is 11.3 Å². The smallest absolute Gasteiger partial charge is 0.339 e. The lowest BCUT2D eigenvalue weighted by molar-refractivity contribution is 0.0693. The zero-order chi connectivity index (χ0) is 15.2. The van der Waals surface area contributed by atoms with Gasteiger partial charge in [-0.1, -0.05) is 6.07 Å². The molecule has 2 aromatic rings. The summed E-state index contributed by atoms with van der Waals surface area (Å²) >= 11 is 1.62. The SMILES string of the molecule is O=C(NCCc1cccs1)Nc1ccc(O)c(C(=O)O)c1. The van der Waals surface area contributed by atoms with E-state index in [1.807, 2.05) is 17.5 Å². The van der Waals surface area contributed by atoms with Crippen LogP contribution >= 0.6 is 11.3 Å². The Morgan fingerprint density at radius 3 is 2.71 bits per heavy atom. The van der Waals surface area contributed by atoms with Gasteiger partial charge in [0.15, 0.2) is 0 Å². The van der Waals surface area contributed by atoms with Crippen LogP contribution in [0, 0.1) is 0 Å². The van der Waals surface area contributed by atoms with E-state index in [1.165, 1.54) is 23.1 Å². The van der Waals surface area contributed by atoms with Crippen molar-refractivity contribution in [1.82, 2.24) is 5.32 Å². The number of rotatable bonds is 5. The predicted molar refractivity (Wildman–Crippen MR) is 80.1 cm³/mol. The molecule has 1 aromatic heterocycles. The average molecular weight is 306 g/mol. The summed E-state index contributed by atoms with van der Waals surface area (Å²) in [7, 11) is 0. The number of phenols is 1. The molecule has 0 unspecified atom stereocenters. The van der Waals surface area contributed by atoms with Crippen LogP contribution in [0.2, 0.25) is 0 Å². The van der Waals surface area contributed by atoms with Gasteiger partial charge in [-0.25, -0.2) is 9.59 Å². The lowest BCUT2D eigenvalue weighted by Crippen LogP contribution is -2.30. The highest BCUT2D eigenvalue weighted by atomic mass is 32.1. The lowest BCUT2D eigenvalue weighted by Gasteiger charge is -2.08. The highest BCUT2D eigenvalue weighted by Crippen LogP contribution is 2.21. The topological polar surface area (TPSA) is 98.7 Å². The van der Waals surface area contributed by atoms with Crippen molar-refractivity contribution in [2.24, 2.45) is 0 Å².